The Morgan fingerprint density at radius 3 is 2.22 bits per heavy atom. The van der Waals surface area contributed by atoms with E-state index in [1.807, 2.05) is 42.6 Å². The van der Waals surface area contributed by atoms with E-state index in [-0.39, 0.29) is 16.6 Å². The Balaban J connectivity index is 1.66. The lowest BCUT2D eigenvalue weighted by Gasteiger charge is -2.23. The van der Waals surface area contributed by atoms with Crippen LogP contribution in [-0.2, 0) is 10.8 Å². The second-order valence-corrected chi connectivity index (χ2v) is 13.7. The molecule has 3 aromatic heterocycles. The first kappa shape index (κ1) is 27.1. The SMILES string of the molecule is CC(C)(C)c1ccc2c(c1)c1cc(C(C)(C)C)c(-c3cccc(Sc4ccccn4)c3)nc1n2-c1ccccc1O. The third-order valence-electron chi connectivity index (χ3n) is 7.51. The topological polar surface area (TPSA) is 50.9 Å². The molecule has 4 nitrogen and oxygen atoms in total. The molecular weight excluding hydrogens is 522 g/mol. The van der Waals surface area contributed by atoms with Gasteiger partial charge in [-0.2, -0.15) is 0 Å². The molecule has 0 saturated heterocycles. The maximum absolute atomic E-state index is 11.0. The van der Waals surface area contributed by atoms with Gasteiger partial charge in [-0.05, 0) is 76.6 Å². The van der Waals surface area contributed by atoms with Crippen molar-refractivity contribution < 1.29 is 5.11 Å². The number of fused-ring (bicyclic) bond motifs is 3. The van der Waals surface area contributed by atoms with Gasteiger partial charge in [0.25, 0.3) is 0 Å². The standard InChI is InChI=1S/C36H35N3OS/c1-35(2,3)24-17-18-29-26(21-24)27-22-28(36(4,5)6)33(38-34(27)39(29)30-14-7-8-15-31(30)40)23-12-11-13-25(20-23)41-32-16-9-10-19-37-32/h7-22,40H,1-6H3. The monoisotopic (exact) mass is 557 g/mol. The fourth-order valence-corrected chi connectivity index (χ4v) is 6.16. The lowest BCUT2D eigenvalue weighted by Crippen LogP contribution is -2.14. The molecule has 6 rings (SSSR count). The highest BCUT2D eigenvalue weighted by atomic mass is 32.2. The molecule has 6 aromatic rings. The fraction of sp³-hybridized carbons (Fsp3) is 0.222. The largest absolute Gasteiger partial charge is 0.506 e. The Bertz CT molecular complexity index is 1890. The molecule has 5 heteroatoms. The summed E-state index contributed by atoms with van der Waals surface area (Å²) in [6.45, 7) is 13.5. The molecule has 0 radical (unpaired) electrons. The van der Waals surface area contributed by atoms with Crippen LogP contribution in [0.25, 0.3) is 38.9 Å². The summed E-state index contributed by atoms with van der Waals surface area (Å²) in [6, 6.07) is 31.0. The van der Waals surface area contributed by atoms with Gasteiger partial charge in [0.1, 0.15) is 16.4 Å². The van der Waals surface area contributed by atoms with E-state index in [1.165, 1.54) is 11.1 Å². The molecule has 0 spiro atoms. The van der Waals surface area contributed by atoms with Crippen LogP contribution in [0.5, 0.6) is 5.75 Å². The van der Waals surface area contributed by atoms with Crippen LogP contribution in [0.4, 0.5) is 0 Å². The maximum atomic E-state index is 11.0. The zero-order valence-electron chi connectivity index (χ0n) is 24.4. The number of phenols is 1. The second-order valence-electron chi connectivity index (χ2n) is 12.6. The lowest BCUT2D eigenvalue weighted by atomic mass is 9.83. The minimum Gasteiger partial charge on any atom is -0.506 e. The van der Waals surface area contributed by atoms with Gasteiger partial charge in [-0.3, -0.25) is 4.57 Å². The van der Waals surface area contributed by atoms with Gasteiger partial charge in [0.2, 0.25) is 0 Å². The molecule has 206 valence electrons. The van der Waals surface area contributed by atoms with Crippen molar-refractivity contribution in [2.45, 2.75) is 62.3 Å². The van der Waals surface area contributed by atoms with E-state index in [0.717, 1.165) is 48.8 Å². The maximum Gasteiger partial charge on any atom is 0.146 e. The van der Waals surface area contributed by atoms with Gasteiger partial charge in [0, 0.05) is 27.4 Å². The van der Waals surface area contributed by atoms with E-state index in [9.17, 15) is 5.11 Å². The third kappa shape index (κ3) is 5.11. The van der Waals surface area contributed by atoms with Crippen molar-refractivity contribution in [1.82, 2.24) is 14.5 Å². The molecule has 0 saturated carbocycles. The minimum atomic E-state index is -0.147. The van der Waals surface area contributed by atoms with Crippen molar-refractivity contribution in [1.29, 1.82) is 0 Å². The van der Waals surface area contributed by atoms with Crippen molar-refractivity contribution in [3.8, 4) is 22.7 Å². The van der Waals surface area contributed by atoms with Gasteiger partial charge >= 0.3 is 0 Å². The molecule has 0 atom stereocenters. The van der Waals surface area contributed by atoms with Crippen LogP contribution in [0.1, 0.15) is 52.7 Å². The van der Waals surface area contributed by atoms with Crippen LogP contribution in [-0.4, -0.2) is 19.6 Å². The number of nitrogens with zero attached hydrogens (tertiary/aromatic N) is 3. The van der Waals surface area contributed by atoms with E-state index < -0.39 is 0 Å². The highest BCUT2D eigenvalue weighted by molar-refractivity contribution is 7.99. The first-order valence-electron chi connectivity index (χ1n) is 14.0. The number of para-hydroxylation sites is 2. The molecule has 3 heterocycles. The fourth-order valence-electron chi connectivity index (χ4n) is 5.32. The average Bonchev–Trinajstić information content (AvgIpc) is 3.25. The Morgan fingerprint density at radius 2 is 1.51 bits per heavy atom. The van der Waals surface area contributed by atoms with Crippen molar-refractivity contribution >= 4 is 33.7 Å². The zero-order valence-corrected chi connectivity index (χ0v) is 25.3. The molecule has 3 aromatic carbocycles. The second kappa shape index (κ2) is 10.1. The molecule has 0 amide bonds. The Morgan fingerprint density at radius 1 is 0.732 bits per heavy atom. The summed E-state index contributed by atoms with van der Waals surface area (Å²) in [5, 5.41) is 14.2. The molecule has 0 aliphatic carbocycles. The van der Waals surface area contributed by atoms with Gasteiger partial charge in [-0.1, -0.05) is 89.7 Å². The molecule has 0 fully saturated rings. The van der Waals surface area contributed by atoms with Gasteiger partial charge in [-0.15, -0.1) is 0 Å². The highest BCUT2D eigenvalue weighted by Crippen LogP contribution is 2.42. The molecule has 1 N–H and O–H groups in total. The molecule has 41 heavy (non-hydrogen) atoms. The summed E-state index contributed by atoms with van der Waals surface area (Å²) in [5.74, 6) is 0.225. The van der Waals surface area contributed by atoms with Crippen LogP contribution in [0.15, 0.2) is 107 Å². The van der Waals surface area contributed by atoms with Crippen LogP contribution in [0, 0.1) is 0 Å². The summed E-state index contributed by atoms with van der Waals surface area (Å²) < 4.78 is 2.11. The number of rotatable bonds is 4. The summed E-state index contributed by atoms with van der Waals surface area (Å²) in [6.07, 6.45) is 1.82. The Kier molecular flexibility index (Phi) is 6.66. The van der Waals surface area contributed by atoms with Gasteiger partial charge < -0.3 is 5.11 Å². The number of benzene rings is 3. The summed E-state index contributed by atoms with van der Waals surface area (Å²) in [5.41, 5.74) is 6.89. The number of aromatic hydroxyl groups is 1. The van der Waals surface area contributed by atoms with Crippen molar-refractivity contribution in [3.05, 3.63) is 108 Å². The Labute approximate surface area is 246 Å². The lowest BCUT2D eigenvalue weighted by molar-refractivity contribution is 0.473. The number of aromatic nitrogens is 3. The van der Waals surface area contributed by atoms with Crippen LogP contribution in [0.3, 0.4) is 0 Å². The summed E-state index contributed by atoms with van der Waals surface area (Å²) in [4.78, 5) is 11.0. The van der Waals surface area contributed by atoms with E-state index in [1.54, 1.807) is 17.8 Å². The number of pyridine rings is 2. The Hall–Kier alpha value is -4.09. The smallest absolute Gasteiger partial charge is 0.146 e. The van der Waals surface area contributed by atoms with Crippen molar-refractivity contribution in [3.63, 3.8) is 0 Å². The number of hydrogen-bond donors (Lipinski definition) is 1. The summed E-state index contributed by atoms with van der Waals surface area (Å²) in [7, 11) is 0. The quantitative estimate of drug-likeness (QED) is 0.234. The number of phenolic OH excluding ortho intramolecular Hbond substituents is 1. The predicted molar refractivity (Wildman–Crippen MR) is 171 cm³/mol. The van der Waals surface area contributed by atoms with Gasteiger partial charge in [0.05, 0.1) is 16.9 Å². The first-order valence-corrected chi connectivity index (χ1v) is 14.8. The van der Waals surface area contributed by atoms with Crippen LogP contribution >= 0.6 is 11.8 Å². The normalized spacial score (nSPS) is 12.3. The minimum absolute atomic E-state index is 0.00341. The highest BCUT2D eigenvalue weighted by Gasteiger charge is 2.26. The van der Waals surface area contributed by atoms with Crippen LogP contribution in [0.2, 0.25) is 0 Å². The zero-order chi connectivity index (χ0) is 28.9. The van der Waals surface area contributed by atoms with Crippen molar-refractivity contribution in [2.75, 3.05) is 0 Å². The molecule has 0 aliphatic heterocycles. The molecule has 0 unspecified atom stereocenters. The van der Waals surface area contributed by atoms with E-state index >= 15 is 0 Å². The van der Waals surface area contributed by atoms with E-state index in [0.29, 0.717) is 0 Å². The third-order valence-corrected chi connectivity index (χ3v) is 8.45. The molecular formula is C36H35N3OS. The first-order chi connectivity index (χ1) is 19.5. The van der Waals surface area contributed by atoms with Gasteiger partial charge in [-0.25, -0.2) is 9.97 Å². The number of hydrogen-bond acceptors (Lipinski definition) is 4. The van der Waals surface area contributed by atoms with E-state index in [4.69, 9.17) is 4.98 Å². The van der Waals surface area contributed by atoms with Crippen LogP contribution < -0.4 is 0 Å². The van der Waals surface area contributed by atoms with E-state index in [2.05, 4.69) is 99.6 Å². The van der Waals surface area contributed by atoms with Crippen molar-refractivity contribution in [2.24, 2.45) is 0 Å². The van der Waals surface area contributed by atoms with Gasteiger partial charge in [0.15, 0.2) is 0 Å². The predicted octanol–water partition coefficient (Wildman–Crippen LogP) is 9.69. The summed E-state index contributed by atoms with van der Waals surface area (Å²) >= 11 is 1.65. The molecule has 0 bridgehead atoms. The average molecular weight is 558 g/mol. The molecule has 0 aliphatic rings.